The van der Waals surface area contributed by atoms with Gasteiger partial charge in [0, 0.05) is 21.5 Å². The summed E-state index contributed by atoms with van der Waals surface area (Å²) in [5, 5.41) is 11.4. The van der Waals surface area contributed by atoms with Crippen molar-refractivity contribution in [2.45, 2.75) is 13.3 Å². The van der Waals surface area contributed by atoms with Crippen LogP contribution in [0.2, 0.25) is 0 Å². The molecule has 2 N–H and O–H groups in total. The van der Waals surface area contributed by atoms with Gasteiger partial charge in [-0.1, -0.05) is 12.1 Å². The third kappa shape index (κ3) is 4.89. The van der Waals surface area contributed by atoms with Gasteiger partial charge in [0.2, 0.25) is 5.91 Å². The highest BCUT2D eigenvalue weighted by Crippen LogP contribution is 2.16. The van der Waals surface area contributed by atoms with Crippen LogP contribution in [0.15, 0.2) is 42.5 Å². The van der Waals surface area contributed by atoms with Crippen molar-refractivity contribution in [3.05, 3.63) is 57.8 Å². The van der Waals surface area contributed by atoms with Crippen molar-refractivity contribution >= 4 is 35.0 Å². The lowest BCUT2D eigenvalue weighted by atomic mass is 10.1. The van der Waals surface area contributed by atoms with Crippen LogP contribution < -0.4 is 5.32 Å². The largest absolute Gasteiger partial charge is 0.481 e. The number of benzene rings is 1. The van der Waals surface area contributed by atoms with Crippen LogP contribution in [0.1, 0.15) is 15.3 Å². The van der Waals surface area contributed by atoms with E-state index in [0.29, 0.717) is 11.3 Å². The van der Waals surface area contributed by atoms with Gasteiger partial charge in [0.25, 0.3) is 0 Å². The van der Waals surface area contributed by atoms with Gasteiger partial charge in [-0.25, -0.2) is 0 Å². The van der Waals surface area contributed by atoms with Gasteiger partial charge in [-0.2, -0.15) is 0 Å². The lowest BCUT2D eigenvalue weighted by Gasteiger charge is -2.03. The molecule has 1 aromatic carbocycles. The summed E-state index contributed by atoms with van der Waals surface area (Å²) in [6.45, 7) is 2.01. The lowest BCUT2D eigenvalue weighted by Crippen LogP contribution is -2.07. The van der Waals surface area contributed by atoms with Crippen LogP contribution in [-0.2, 0) is 16.0 Å². The molecule has 0 aliphatic carbocycles. The Kier molecular flexibility index (Phi) is 4.90. The Hall–Kier alpha value is -2.40. The van der Waals surface area contributed by atoms with Crippen molar-refractivity contribution < 1.29 is 14.7 Å². The predicted octanol–water partition coefficient (Wildman–Crippen LogP) is 3.34. The molecule has 0 saturated heterocycles. The molecule has 0 fully saturated rings. The normalized spacial score (nSPS) is 10.7. The quantitative estimate of drug-likeness (QED) is 0.832. The summed E-state index contributed by atoms with van der Waals surface area (Å²) in [7, 11) is 0. The number of carbonyl (C=O) groups excluding carboxylic acids is 1. The fourth-order valence-electron chi connectivity index (χ4n) is 1.77. The Labute approximate surface area is 126 Å². The SMILES string of the molecule is Cc1ccc(/C=C/C(=O)Nc2ccc(CC(=O)O)cc2)s1. The van der Waals surface area contributed by atoms with Crippen molar-refractivity contribution in [2.24, 2.45) is 0 Å². The number of nitrogens with one attached hydrogen (secondary N) is 1. The number of aliphatic carboxylic acids is 1. The number of carbonyl (C=O) groups is 2. The molecule has 21 heavy (non-hydrogen) atoms. The summed E-state index contributed by atoms with van der Waals surface area (Å²) in [6, 6.07) is 10.7. The minimum absolute atomic E-state index is 0.0220. The molecule has 0 spiro atoms. The summed E-state index contributed by atoms with van der Waals surface area (Å²) in [5.41, 5.74) is 1.34. The number of amides is 1. The Morgan fingerprint density at radius 3 is 2.48 bits per heavy atom. The van der Waals surface area contributed by atoms with E-state index in [0.717, 1.165) is 4.88 Å². The summed E-state index contributed by atoms with van der Waals surface area (Å²) in [6.07, 6.45) is 3.23. The average Bonchev–Trinajstić information content (AvgIpc) is 2.84. The second-order valence-corrected chi connectivity index (χ2v) is 5.86. The van der Waals surface area contributed by atoms with Gasteiger partial charge in [-0.3, -0.25) is 9.59 Å². The zero-order valence-corrected chi connectivity index (χ0v) is 12.3. The predicted molar refractivity (Wildman–Crippen MR) is 84.5 cm³/mol. The molecule has 1 amide bonds. The van der Waals surface area contributed by atoms with Gasteiger partial charge < -0.3 is 10.4 Å². The molecular weight excluding hydrogens is 286 g/mol. The first-order chi connectivity index (χ1) is 10.0. The number of anilines is 1. The Morgan fingerprint density at radius 1 is 1.19 bits per heavy atom. The molecule has 1 heterocycles. The number of hydrogen-bond donors (Lipinski definition) is 2. The zero-order valence-electron chi connectivity index (χ0n) is 11.5. The highest BCUT2D eigenvalue weighted by molar-refractivity contribution is 7.12. The second-order valence-electron chi connectivity index (χ2n) is 4.54. The van der Waals surface area contributed by atoms with Gasteiger partial charge in [0.15, 0.2) is 0 Å². The van der Waals surface area contributed by atoms with E-state index in [-0.39, 0.29) is 12.3 Å². The van der Waals surface area contributed by atoms with Crippen molar-refractivity contribution in [1.29, 1.82) is 0 Å². The molecule has 5 heteroatoms. The van der Waals surface area contributed by atoms with Crippen LogP contribution in [0.25, 0.3) is 6.08 Å². The summed E-state index contributed by atoms with van der Waals surface area (Å²) in [5.74, 6) is -1.09. The third-order valence-corrected chi connectivity index (χ3v) is 3.70. The fraction of sp³-hybridized carbons (Fsp3) is 0.125. The average molecular weight is 301 g/mol. The molecule has 0 atom stereocenters. The smallest absolute Gasteiger partial charge is 0.307 e. The number of thiophene rings is 1. The molecule has 0 unspecified atom stereocenters. The van der Waals surface area contributed by atoms with Crippen LogP contribution in [0, 0.1) is 6.92 Å². The number of carboxylic acids is 1. The zero-order chi connectivity index (χ0) is 15.2. The molecule has 0 bridgehead atoms. The first-order valence-corrected chi connectivity index (χ1v) is 7.21. The van der Waals surface area contributed by atoms with Crippen LogP contribution >= 0.6 is 11.3 Å². The second kappa shape index (κ2) is 6.85. The molecule has 0 radical (unpaired) electrons. The molecular formula is C16H15NO3S. The molecule has 0 aliphatic rings. The summed E-state index contributed by atoms with van der Waals surface area (Å²) >= 11 is 1.62. The van der Waals surface area contributed by atoms with Crippen molar-refractivity contribution in [3.63, 3.8) is 0 Å². The maximum Gasteiger partial charge on any atom is 0.307 e. The number of hydrogen-bond acceptors (Lipinski definition) is 3. The number of aryl methyl sites for hydroxylation is 1. The summed E-state index contributed by atoms with van der Waals surface area (Å²) in [4.78, 5) is 24.6. The monoisotopic (exact) mass is 301 g/mol. The van der Waals surface area contributed by atoms with E-state index >= 15 is 0 Å². The van der Waals surface area contributed by atoms with E-state index in [1.54, 1.807) is 41.7 Å². The van der Waals surface area contributed by atoms with Crippen LogP contribution in [0.3, 0.4) is 0 Å². The minimum Gasteiger partial charge on any atom is -0.481 e. The fourth-order valence-corrected chi connectivity index (χ4v) is 2.55. The van der Waals surface area contributed by atoms with E-state index < -0.39 is 5.97 Å². The standard InChI is InChI=1S/C16H15NO3S/c1-11-2-7-14(21-11)8-9-15(18)17-13-5-3-12(4-6-13)10-16(19)20/h2-9H,10H2,1H3,(H,17,18)(H,19,20)/b9-8+. The van der Waals surface area contributed by atoms with E-state index in [4.69, 9.17) is 5.11 Å². The van der Waals surface area contributed by atoms with Crippen molar-refractivity contribution in [2.75, 3.05) is 5.32 Å². The molecule has 0 aliphatic heterocycles. The van der Waals surface area contributed by atoms with Gasteiger partial charge in [-0.05, 0) is 42.8 Å². The molecule has 1 aromatic heterocycles. The third-order valence-electron chi connectivity index (χ3n) is 2.74. The Morgan fingerprint density at radius 2 is 1.90 bits per heavy atom. The number of carboxylic acid groups (broad SMARTS) is 1. The molecule has 0 saturated carbocycles. The lowest BCUT2D eigenvalue weighted by molar-refractivity contribution is -0.136. The van der Waals surface area contributed by atoms with Crippen LogP contribution in [0.4, 0.5) is 5.69 Å². The highest BCUT2D eigenvalue weighted by Gasteiger charge is 2.02. The summed E-state index contributed by atoms with van der Waals surface area (Å²) < 4.78 is 0. The number of rotatable bonds is 5. The van der Waals surface area contributed by atoms with Gasteiger partial charge in [0.1, 0.15) is 0 Å². The van der Waals surface area contributed by atoms with Gasteiger partial charge in [-0.15, -0.1) is 11.3 Å². The molecule has 2 aromatic rings. The Balaban J connectivity index is 1.93. The van der Waals surface area contributed by atoms with E-state index in [1.807, 2.05) is 19.1 Å². The Bertz CT molecular complexity index is 671. The van der Waals surface area contributed by atoms with E-state index in [9.17, 15) is 9.59 Å². The first kappa shape index (κ1) is 15.0. The van der Waals surface area contributed by atoms with Crippen LogP contribution in [-0.4, -0.2) is 17.0 Å². The molecule has 2 rings (SSSR count). The van der Waals surface area contributed by atoms with Crippen molar-refractivity contribution in [1.82, 2.24) is 0 Å². The topological polar surface area (TPSA) is 66.4 Å². The van der Waals surface area contributed by atoms with Crippen molar-refractivity contribution in [3.8, 4) is 0 Å². The highest BCUT2D eigenvalue weighted by atomic mass is 32.1. The van der Waals surface area contributed by atoms with E-state index in [2.05, 4.69) is 5.32 Å². The van der Waals surface area contributed by atoms with E-state index in [1.165, 1.54) is 11.0 Å². The maximum absolute atomic E-state index is 11.8. The van der Waals surface area contributed by atoms with Gasteiger partial charge >= 0.3 is 5.97 Å². The molecule has 108 valence electrons. The maximum atomic E-state index is 11.8. The molecule has 4 nitrogen and oxygen atoms in total. The van der Waals surface area contributed by atoms with Gasteiger partial charge in [0.05, 0.1) is 6.42 Å². The van der Waals surface area contributed by atoms with Crippen LogP contribution in [0.5, 0.6) is 0 Å². The first-order valence-electron chi connectivity index (χ1n) is 6.39. The minimum atomic E-state index is -0.874.